The molecule has 1 aromatic carbocycles. The average molecular weight is 332 g/mol. The van der Waals surface area contributed by atoms with Gasteiger partial charge in [0.05, 0.1) is 10.2 Å². The molecule has 1 amide bonds. The lowest BCUT2D eigenvalue weighted by molar-refractivity contribution is -0.117. The van der Waals surface area contributed by atoms with Gasteiger partial charge in [0.25, 0.3) is 0 Å². The Kier molecular flexibility index (Phi) is 4.08. The third-order valence-corrected chi connectivity index (χ3v) is 5.43. The van der Waals surface area contributed by atoms with Crippen LogP contribution in [0, 0.1) is 5.92 Å². The number of thiazole rings is 1. The predicted molar refractivity (Wildman–Crippen MR) is 90.4 cm³/mol. The third kappa shape index (κ3) is 3.27. The normalized spacial score (nSPS) is 18.1. The fraction of sp³-hybridized carbons (Fsp3) is 0.529. The highest BCUT2D eigenvalue weighted by Crippen LogP contribution is 2.38. The molecule has 1 aromatic heterocycles. The zero-order valence-corrected chi connectivity index (χ0v) is 13.8. The average Bonchev–Trinajstić information content (AvgIpc) is 2.94. The van der Waals surface area contributed by atoms with Crippen LogP contribution in [-0.4, -0.2) is 24.1 Å². The minimum Gasteiger partial charge on any atom is -0.486 e. The highest BCUT2D eigenvalue weighted by molar-refractivity contribution is 7.22. The van der Waals surface area contributed by atoms with Crippen molar-refractivity contribution in [2.45, 2.75) is 38.5 Å². The summed E-state index contributed by atoms with van der Waals surface area (Å²) in [5.41, 5.74) is 0.840. The molecule has 0 radical (unpaired) electrons. The van der Waals surface area contributed by atoms with Crippen molar-refractivity contribution in [3.05, 3.63) is 12.1 Å². The fourth-order valence-electron chi connectivity index (χ4n) is 3.34. The molecular formula is C17H20N2O3S. The van der Waals surface area contributed by atoms with Crippen LogP contribution in [0.5, 0.6) is 11.5 Å². The first-order chi connectivity index (χ1) is 11.3. The molecule has 1 aliphatic carbocycles. The van der Waals surface area contributed by atoms with E-state index in [-0.39, 0.29) is 5.91 Å². The number of fused-ring (bicyclic) bond motifs is 2. The van der Waals surface area contributed by atoms with Gasteiger partial charge in [0.1, 0.15) is 13.2 Å². The van der Waals surface area contributed by atoms with Crippen LogP contribution in [0.2, 0.25) is 0 Å². The van der Waals surface area contributed by atoms with Gasteiger partial charge in [0, 0.05) is 18.6 Å². The number of carbonyl (C=O) groups is 1. The standard InChI is InChI=1S/C17H20N2O3S/c20-16(8-11-4-2-1-3-5-11)19-17-18-12-9-13-14(10-15(12)23-17)22-7-6-21-13/h9-11H,1-8H2,(H,18,19,20). The number of rotatable bonds is 3. The first-order valence-electron chi connectivity index (χ1n) is 8.28. The minimum atomic E-state index is 0.0771. The van der Waals surface area contributed by atoms with Gasteiger partial charge in [-0.25, -0.2) is 4.98 Å². The largest absolute Gasteiger partial charge is 0.486 e. The van der Waals surface area contributed by atoms with Gasteiger partial charge in [-0.05, 0) is 18.8 Å². The predicted octanol–water partition coefficient (Wildman–Crippen LogP) is 3.98. The molecule has 2 aromatic rings. The summed E-state index contributed by atoms with van der Waals surface area (Å²) in [7, 11) is 0. The molecule has 5 nitrogen and oxygen atoms in total. The van der Waals surface area contributed by atoms with Crippen LogP contribution < -0.4 is 14.8 Å². The van der Waals surface area contributed by atoms with E-state index < -0.39 is 0 Å². The number of benzene rings is 1. The van der Waals surface area contributed by atoms with Crippen molar-refractivity contribution in [2.24, 2.45) is 5.92 Å². The maximum absolute atomic E-state index is 12.2. The van der Waals surface area contributed by atoms with Crippen molar-refractivity contribution in [3.63, 3.8) is 0 Å². The molecule has 6 heteroatoms. The molecule has 0 saturated heterocycles. The van der Waals surface area contributed by atoms with Crippen LogP contribution in [0.15, 0.2) is 12.1 Å². The lowest BCUT2D eigenvalue weighted by Gasteiger charge is -2.20. The van der Waals surface area contributed by atoms with Crippen molar-refractivity contribution in [1.82, 2.24) is 4.98 Å². The molecule has 1 aliphatic heterocycles. The zero-order valence-electron chi connectivity index (χ0n) is 13.0. The Morgan fingerprint density at radius 1 is 1.17 bits per heavy atom. The molecule has 1 fully saturated rings. The molecule has 2 heterocycles. The van der Waals surface area contributed by atoms with E-state index in [4.69, 9.17) is 9.47 Å². The Morgan fingerprint density at radius 2 is 1.91 bits per heavy atom. The fourth-order valence-corrected chi connectivity index (χ4v) is 4.23. The van der Waals surface area contributed by atoms with Crippen molar-refractivity contribution >= 4 is 32.6 Å². The number of aromatic nitrogens is 1. The minimum absolute atomic E-state index is 0.0771. The van der Waals surface area contributed by atoms with E-state index >= 15 is 0 Å². The van der Waals surface area contributed by atoms with Crippen molar-refractivity contribution in [1.29, 1.82) is 0 Å². The van der Waals surface area contributed by atoms with Crippen LogP contribution in [0.1, 0.15) is 38.5 Å². The number of carbonyl (C=O) groups excluding carboxylic acids is 1. The van der Waals surface area contributed by atoms with Gasteiger partial charge in [-0.2, -0.15) is 0 Å². The second kappa shape index (κ2) is 6.35. The molecule has 122 valence electrons. The van der Waals surface area contributed by atoms with Gasteiger partial charge >= 0.3 is 0 Å². The Morgan fingerprint density at radius 3 is 2.70 bits per heavy atom. The van der Waals surface area contributed by atoms with Gasteiger partial charge in [-0.3, -0.25) is 4.79 Å². The van der Waals surface area contributed by atoms with E-state index in [0.717, 1.165) is 21.7 Å². The summed E-state index contributed by atoms with van der Waals surface area (Å²) in [6.45, 7) is 1.13. The summed E-state index contributed by atoms with van der Waals surface area (Å²) in [6.07, 6.45) is 6.78. The summed E-state index contributed by atoms with van der Waals surface area (Å²) >= 11 is 1.48. The van der Waals surface area contributed by atoms with Crippen LogP contribution in [0.3, 0.4) is 0 Å². The number of anilines is 1. The number of hydrogen-bond donors (Lipinski definition) is 1. The van der Waals surface area contributed by atoms with Crippen LogP contribution in [0.4, 0.5) is 5.13 Å². The maximum Gasteiger partial charge on any atom is 0.226 e. The monoisotopic (exact) mass is 332 g/mol. The SMILES string of the molecule is O=C(CC1CCCCC1)Nc1nc2cc3c(cc2s1)OCCO3. The Balaban J connectivity index is 1.47. The van der Waals surface area contributed by atoms with Crippen LogP contribution >= 0.6 is 11.3 Å². The van der Waals surface area contributed by atoms with Crippen molar-refractivity contribution in [2.75, 3.05) is 18.5 Å². The summed E-state index contributed by atoms with van der Waals surface area (Å²) < 4.78 is 12.2. The Labute approximate surface area is 139 Å². The molecule has 0 unspecified atom stereocenters. The highest BCUT2D eigenvalue weighted by Gasteiger charge is 2.19. The van der Waals surface area contributed by atoms with Crippen LogP contribution in [-0.2, 0) is 4.79 Å². The molecule has 0 bridgehead atoms. The Bertz CT molecular complexity index is 679. The van der Waals surface area contributed by atoms with Gasteiger partial charge in [0.15, 0.2) is 16.6 Å². The van der Waals surface area contributed by atoms with Gasteiger partial charge in [-0.1, -0.05) is 30.6 Å². The molecule has 1 N–H and O–H groups in total. The van der Waals surface area contributed by atoms with E-state index in [1.807, 2.05) is 12.1 Å². The van der Waals surface area contributed by atoms with Crippen molar-refractivity contribution < 1.29 is 14.3 Å². The maximum atomic E-state index is 12.2. The lowest BCUT2D eigenvalue weighted by atomic mass is 9.87. The molecule has 2 aliphatic rings. The van der Waals surface area contributed by atoms with Gasteiger partial charge in [0.2, 0.25) is 5.91 Å². The van der Waals surface area contributed by atoms with Crippen LogP contribution in [0.25, 0.3) is 10.2 Å². The van der Waals surface area contributed by atoms with E-state index in [9.17, 15) is 4.79 Å². The topological polar surface area (TPSA) is 60.5 Å². The molecular weight excluding hydrogens is 312 g/mol. The van der Waals surface area contributed by atoms with E-state index in [2.05, 4.69) is 10.3 Å². The smallest absolute Gasteiger partial charge is 0.226 e. The number of hydrogen-bond acceptors (Lipinski definition) is 5. The molecule has 0 spiro atoms. The number of amides is 1. The van der Waals surface area contributed by atoms with E-state index in [0.29, 0.717) is 30.7 Å². The molecule has 4 rings (SSSR count). The summed E-state index contributed by atoms with van der Waals surface area (Å²) in [5, 5.41) is 3.61. The van der Waals surface area contributed by atoms with E-state index in [1.54, 1.807) is 0 Å². The van der Waals surface area contributed by atoms with Crippen molar-refractivity contribution in [3.8, 4) is 11.5 Å². The molecule has 23 heavy (non-hydrogen) atoms. The summed E-state index contributed by atoms with van der Waals surface area (Å²) in [4.78, 5) is 16.7. The number of ether oxygens (including phenoxy) is 2. The first-order valence-corrected chi connectivity index (χ1v) is 9.09. The number of nitrogens with zero attached hydrogens (tertiary/aromatic N) is 1. The van der Waals surface area contributed by atoms with E-state index in [1.165, 1.54) is 43.4 Å². The first kappa shape index (κ1) is 14.8. The summed E-state index contributed by atoms with van der Waals surface area (Å²) in [5.74, 6) is 2.10. The molecule has 0 atom stereocenters. The summed E-state index contributed by atoms with van der Waals surface area (Å²) in [6, 6.07) is 3.83. The highest BCUT2D eigenvalue weighted by atomic mass is 32.1. The van der Waals surface area contributed by atoms with Gasteiger partial charge < -0.3 is 14.8 Å². The third-order valence-electron chi connectivity index (χ3n) is 4.50. The second-order valence-corrected chi connectivity index (χ2v) is 7.27. The second-order valence-electron chi connectivity index (χ2n) is 6.24. The Hall–Kier alpha value is -1.82. The zero-order chi connectivity index (χ0) is 15.6. The number of nitrogens with one attached hydrogen (secondary N) is 1. The lowest BCUT2D eigenvalue weighted by Crippen LogP contribution is -2.18. The van der Waals surface area contributed by atoms with Gasteiger partial charge in [-0.15, -0.1) is 0 Å². The molecule has 1 saturated carbocycles. The quantitative estimate of drug-likeness (QED) is 0.923.